The van der Waals surface area contributed by atoms with Crippen molar-refractivity contribution in [3.63, 3.8) is 0 Å². The van der Waals surface area contributed by atoms with E-state index in [-0.39, 0.29) is 12.5 Å². The molecule has 0 heterocycles. The minimum Gasteiger partial charge on any atom is -0.497 e. The van der Waals surface area contributed by atoms with Gasteiger partial charge < -0.3 is 25.3 Å². The summed E-state index contributed by atoms with van der Waals surface area (Å²) in [5.41, 5.74) is 6.59. The highest BCUT2D eigenvalue weighted by molar-refractivity contribution is 5.81. The standard InChI is InChI=1S/C14H22N2O4/c1-18-9-12(15)14(17)16-7-6-10-8-11(19-2)4-5-13(10)20-3/h4-5,8,12H,6-7,9,15H2,1-3H3,(H,16,17). The SMILES string of the molecule is COCC(N)C(=O)NCCc1cc(OC)ccc1OC. The first kappa shape index (κ1) is 16.3. The molecule has 0 aliphatic heterocycles. The molecule has 0 radical (unpaired) electrons. The lowest BCUT2D eigenvalue weighted by atomic mass is 10.1. The van der Waals surface area contributed by atoms with E-state index in [0.717, 1.165) is 17.1 Å². The lowest BCUT2D eigenvalue weighted by molar-refractivity contribution is -0.123. The van der Waals surface area contributed by atoms with Gasteiger partial charge in [-0.1, -0.05) is 0 Å². The first-order valence-corrected chi connectivity index (χ1v) is 6.35. The fraction of sp³-hybridized carbons (Fsp3) is 0.500. The minimum atomic E-state index is -0.646. The van der Waals surface area contributed by atoms with Gasteiger partial charge in [-0.25, -0.2) is 0 Å². The Balaban J connectivity index is 2.54. The van der Waals surface area contributed by atoms with E-state index in [1.165, 1.54) is 7.11 Å². The molecule has 1 aromatic carbocycles. The number of nitrogens with two attached hydrogens (primary N) is 1. The summed E-state index contributed by atoms with van der Waals surface area (Å²) in [4.78, 5) is 11.6. The van der Waals surface area contributed by atoms with Crippen LogP contribution < -0.4 is 20.5 Å². The molecule has 0 saturated heterocycles. The molecule has 1 amide bonds. The highest BCUT2D eigenvalue weighted by Gasteiger charge is 2.12. The fourth-order valence-corrected chi connectivity index (χ4v) is 1.78. The van der Waals surface area contributed by atoms with Crippen molar-refractivity contribution in [3.05, 3.63) is 23.8 Å². The zero-order valence-corrected chi connectivity index (χ0v) is 12.1. The molecule has 6 heteroatoms. The summed E-state index contributed by atoms with van der Waals surface area (Å²) in [6.45, 7) is 0.675. The summed E-state index contributed by atoms with van der Waals surface area (Å²) in [7, 11) is 4.73. The number of methoxy groups -OCH3 is 3. The Morgan fingerprint density at radius 1 is 1.30 bits per heavy atom. The normalized spacial score (nSPS) is 11.8. The van der Waals surface area contributed by atoms with Gasteiger partial charge in [-0.2, -0.15) is 0 Å². The maximum Gasteiger partial charge on any atom is 0.239 e. The van der Waals surface area contributed by atoms with E-state index in [4.69, 9.17) is 19.9 Å². The van der Waals surface area contributed by atoms with Crippen molar-refractivity contribution in [2.75, 3.05) is 34.5 Å². The molecule has 112 valence electrons. The Labute approximate surface area is 119 Å². The molecule has 6 nitrogen and oxygen atoms in total. The molecule has 1 unspecified atom stereocenters. The van der Waals surface area contributed by atoms with Crippen LogP contribution in [0.25, 0.3) is 0 Å². The van der Waals surface area contributed by atoms with E-state index in [1.54, 1.807) is 14.2 Å². The lowest BCUT2D eigenvalue weighted by Gasteiger charge is -2.13. The van der Waals surface area contributed by atoms with Gasteiger partial charge in [0.15, 0.2) is 0 Å². The van der Waals surface area contributed by atoms with E-state index < -0.39 is 6.04 Å². The van der Waals surface area contributed by atoms with Crippen LogP contribution in [0, 0.1) is 0 Å². The molecule has 3 N–H and O–H groups in total. The van der Waals surface area contributed by atoms with E-state index in [0.29, 0.717) is 13.0 Å². The monoisotopic (exact) mass is 282 g/mol. The van der Waals surface area contributed by atoms with Gasteiger partial charge in [0, 0.05) is 13.7 Å². The second kappa shape index (κ2) is 8.39. The van der Waals surface area contributed by atoms with E-state index >= 15 is 0 Å². The summed E-state index contributed by atoms with van der Waals surface area (Å²) in [6.07, 6.45) is 0.631. The molecule has 1 aromatic rings. The molecule has 0 spiro atoms. The highest BCUT2D eigenvalue weighted by Crippen LogP contribution is 2.24. The van der Waals surface area contributed by atoms with Crippen LogP contribution in [-0.4, -0.2) is 46.4 Å². The van der Waals surface area contributed by atoms with Crippen molar-refractivity contribution >= 4 is 5.91 Å². The molecule has 1 rings (SSSR count). The molecular formula is C14H22N2O4. The number of rotatable bonds is 8. The van der Waals surface area contributed by atoms with E-state index in [2.05, 4.69) is 5.32 Å². The van der Waals surface area contributed by atoms with Gasteiger partial charge in [0.1, 0.15) is 17.5 Å². The number of nitrogens with one attached hydrogen (secondary N) is 1. The summed E-state index contributed by atoms with van der Waals surface area (Å²) < 4.78 is 15.3. The molecule has 0 fully saturated rings. The van der Waals surface area contributed by atoms with Gasteiger partial charge in [-0.3, -0.25) is 4.79 Å². The first-order valence-electron chi connectivity index (χ1n) is 6.35. The zero-order chi connectivity index (χ0) is 15.0. The molecule has 0 aromatic heterocycles. The topological polar surface area (TPSA) is 82.8 Å². The van der Waals surface area contributed by atoms with Crippen LogP contribution in [0.3, 0.4) is 0 Å². The van der Waals surface area contributed by atoms with Crippen molar-refractivity contribution < 1.29 is 19.0 Å². The Hall–Kier alpha value is -1.79. The van der Waals surface area contributed by atoms with Crippen LogP contribution in [0.1, 0.15) is 5.56 Å². The Kier molecular flexibility index (Phi) is 6.83. The van der Waals surface area contributed by atoms with Gasteiger partial charge in [0.05, 0.1) is 20.8 Å². The van der Waals surface area contributed by atoms with Gasteiger partial charge >= 0.3 is 0 Å². The largest absolute Gasteiger partial charge is 0.497 e. The van der Waals surface area contributed by atoms with Crippen molar-refractivity contribution in [1.29, 1.82) is 0 Å². The molecular weight excluding hydrogens is 260 g/mol. The van der Waals surface area contributed by atoms with E-state index in [1.807, 2.05) is 18.2 Å². The van der Waals surface area contributed by atoms with Gasteiger partial charge in [-0.15, -0.1) is 0 Å². The molecule has 20 heavy (non-hydrogen) atoms. The molecule has 0 aliphatic rings. The van der Waals surface area contributed by atoms with Crippen molar-refractivity contribution in [2.45, 2.75) is 12.5 Å². The number of carbonyl (C=O) groups excluding carboxylic acids is 1. The third kappa shape index (κ3) is 4.71. The minimum absolute atomic E-state index is 0.203. The van der Waals surface area contributed by atoms with Crippen molar-refractivity contribution in [2.24, 2.45) is 5.73 Å². The van der Waals surface area contributed by atoms with Crippen LogP contribution in [0.2, 0.25) is 0 Å². The maximum absolute atomic E-state index is 11.6. The Morgan fingerprint density at radius 2 is 2.05 bits per heavy atom. The second-order valence-electron chi connectivity index (χ2n) is 4.28. The number of amides is 1. The zero-order valence-electron chi connectivity index (χ0n) is 12.1. The molecule has 0 aliphatic carbocycles. The predicted octanol–water partition coefficient (Wildman–Crippen LogP) is 0.336. The number of carbonyl (C=O) groups is 1. The Bertz CT molecular complexity index is 437. The average molecular weight is 282 g/mol. The summed E-state index contributed by atoms with van der Waals surface area (Å²) >= 11 is 0. The first-order chi connectivity index (χ1) is 9.62. The van der Waals surface area contributed by atoms with Gasteiger partial charge in [0.25, 0.3) is 0 Å². The molecule has 0 saturated carbocycles. The molecule has 0 bridgehead atoms. The van der Waals surface area contributed by atoms with Crippen LogP contribution in [0.15, 0.2) is 18.2 Å². The summed E-state index contributed by atoms with van der Waals surface area (Å²) in [6, 6.07) is 4.91. The van der Waals surface area contributed by atoms with Crippen LogP contribution in [0.4, 0.5) is 0 Å². The fourth-order valence-electron chi connectivity index (χ4n) is 1.78. The number of benzene rings is 1. The summed E-state index contributed by atoms with van der Waals surface area (Å²) in [5, 5.41) is 2.76. The second-order valence-corrected chi connectivity index (χ2v) is 4.28. The number of hydrogen-bond donors (Lipinski definition) is 2. The predicted molar refractivity (Wildman–Crippen MR) is 76.1 cm³/mol. The lowest BCUT2D eigenvalue weighted by Crippen LogP contribution is -2.44. The van der Waals surface area contributed by atoms with Gasteiger partial charge in [0.2, 0.25) is 5.91 Å². The Morgan fingerprint density at radius 3 is 2.65 bits per heavy atom. The maximum atomic E-state index is 11.6. The quantitative estimate of drug-likeness (QED) is 0.718. The number of hydrogen-bond acceptors (Lipinski definition) is 5. The number of ether oxygens (including phenoxy) is 3. The van der Waals surface area contributed by atoms with Crippen LogP contribution >= 0.6 is 0 Å². The van der Waals surface area contributed by atoms with Crippen molar-refractivity contribution in [3.8, 4) is 11.5 Å². The van der Waals surface area contributed by atoms with E-state index in [9.17, 15) is 4.79 Å². The van der Waals surface area contributed by atoms with Gasteiger partial charge in [-0.05, 0) is 30.2 Å². The third-order valence-electron chi connectivity index (χ3n) is 2.86. The van der Waals surface area contributed by atoms with Crippen LogP contribution in [0.5, 0.6) is 11.5 Å². The highest BCUT2D eigenvalue weighted by atomic mass is 16.5. The van der Waals surface area contributed by atoms with Crippen LogP contribution in [-0.2, 0) is 16.0 Å². The average Bonchev–Trinajstić information content (AvgIpc) is 2.47. The third-order valence-corrected chi connectivity index (χ3v) is 2.86. The van der Waals surface area contributed by atoms with Crippen molar-refractivity contribution in [1.82, 2.24) is 5.32 Å². The smallest absolute Gasteiger partial charge is 0.239 e. The summed E-state index contributed by atoms with van der Waals surface area (Å²) in [5.74, 6) is 1.29. The molecule has 1 atom stereocenters.